The third-order valence-corrected chi connectivity index (χ3v) is 3.06. The Balaban J connectivity index is 2.64. The molecule has 0 aromatic heterocycles. The summed E-state index contributed by atoms with van der Waals surface area (Å²) in [6.45, 7) is 9.15. The molecule has 0 saturated heterocycles. The lowest BCUT2D eigenvalue weighted by molar-refractivity contribution is 0.261. The molecule has 12 heavy (non-hydrogen) atoms. The van der Waals surface area contributed by atoms with Crippen LogP contribution in [-0.2, 0) is 0 Å². The highest BCUT2D eigenvalue weighted by Gasteiger charge is 2.24. The average molecular weight is 164 g/mol. The van der Waals surface area contributed by atoms with Crippen molar-refractivity contribution in [2.45, 2.75) is 40.5 Å². The first-order chi connectivity index (χ1) is 5.65. The molecule has 1 aliphatic carbocycles. The van der Waals surface area contributed by atoms with Crippen LogP contribution < -0.4 is 0 Å². The second kappa shape index (κ2) is 3.99. The Morgan fingerprint density at radius 1 is 1.33 bits per heavy atom. The Labute approximate surface area is 76.7 Å². The first kappa shape index (κ1) is 9.65. The molecule has 68 valence electrons. The van der Waals surface area contributed by atoms with Crippen LogP contribution in [0.3, 0.4) is 0 Å². The van der Waals surface area contributed by atoms with E-state index in [0.717, 1.165) is 11.8 Å². The summed E-state index contributed by atoms with van der Waals surface area (Å²) in [5.74, 6) is 9.64. The van der Waals surface area contributed by atoms with Crippen LogP contribution in [0.15, 0.2) is 0 Å². The molecule has 0 aliphatic heterocycles. The second-order valence-corrected chi connectivity index (χ2v) is 4.33. The molecule has 1 aliphatic rings. The molecule has 1 rings (SSSR count). The molecule has 0 heteroatoms. The molecule has 0 saturated carbocycles. The summed E-state index contributed by atoms with van der Waals surface area (Å²) in [7, 11) is 0. The fourth-order valence-electron chi connectivity index (χ4n) is 2.07. The van der Waals surface area contributed by atoms with Crippen LogP contribution in [0.25, 0.3) is 0 Å². The van der Waals surface area contributed by atoms with Gasteiger partial charge in [-0.15, -0.1) is 0 Å². The van der Waals surface area contributed by atoms with Crippen LogP contribution in [0.5, 0.6) is 0 Å². The minimum absolute atomic E-state index is 0.618. The minimum atomic E-state index is 0.618. The monoisotopic (exact) mass is 164 g/mol. The van der Waals surface area contributed by atoms with E-state index in [1.54, 1.807) is 0 Å². The van der Waals surface area contributed by atoms with Crippen molar-refractivity contribution in [1.29, 1.82) is 0 Å². The molecule has 0 N–H and O–H groups in total. The molecule has 0 bridgehead atoms. The van der Waals surface area contributed by atoms with E-state index in [4.69, 9.17) is 0 Å². The lowest BCUT2D eigenvalue weighted by Crippen LogP contribution is -2.23. The topological polar surface area (TPSA) is 0 Å². The van der Waals surface area contributed by atoms with Crippen LogP contribution in [0.4, 0.5) is 0 Å². The van der Waals surface area contributed by atoms with Crippen molar-refractivity contribution in [3.8, 4) is 11.8 Å². The van der Waals surface area contributed by atoms with Crippen LogP contribution >= 0.6 is 0 Å². The first-order valence-electron chi connectivity index (χ1n) is 5.16. The van der Waals surface area contributed by atoms with Crippen LogP contribution in [0, 0.1) is 35.5 Å². The van der Waals surface area contributed by atoms with Gasteiger partial charge in [-0.2, -0.15) is 0 Å². The average Bonchev–Trinajstić information content (AvgIpc) is 2.05. The molecule has 0 nitrogen and oxygen atoms in total. The molecule has 0 amide bonds. The summed E-state index contributed by atoms with van der Waals surface area (Å²) in [6.07, 6.45) is 2.55. The summed E-state index contributed by atoms with van der Waals surface area (Å²) in [5, 5.41) is 0. The van der Waals surface area contributed by atoms with E-state index in [9.17, 15) is 0 Å². The molecule has 3 atom stereocenters. The summed E-state index contributed by atoms with van der Waals surface area (Å²) >= 11 is 0. The largest absolute Gasteiger partial charge is 0.0996 e. The molecule has 0 spiro atoms. The molecular weight excluding hydrogens is 144 g/mol. The fraction of sp³-hybridized carbons (Fsp3) is 0.833. The lowest BCUT2D eigenvalue weighted by Gasteiger charge is -2.29. The van der Waals surface area contributed by atoms with E-state index < -0.39 is 0 Å². The summed E-state index contributed by atoms with van der Waals surface area (Å²) in [6, 6.07) is 0. The Bertz CT molecular complexity index is 192. The Morgan fingerprint density at radius 3 is 2.50 bits per heavy atom. The van der Waals surface area contributed by atoms with Gasteiger partial charge in [0.25, 0.3) is 0 Å². The van der Waals surface area contributed by atoms with Crippen LogP contribution in [0.2, 0.25) is 0 Å². The van der Waals surface area contributed by atoms with Crippen molar-refractivity contribution in [3.63, 3.8) is 0 Å². The maximum absolute atomic E-state index is 3.36. The molecule has 0 radical (unpaired) electrons. The SMILES string of the molecule is CCC1C#CC(C)C(C(C)C)C1. The lowest BCUT2D eigenvalue weighted by atomic mass is 9.75. The predicted molar refractivity (Wildman–Crippen MR) is 53.7 cm³/mol. The smallest absolute Gasteiger partial charge is 0.0205 e. The highest BCUT2D eigenvalue weighted by molar-refractivity contribution is 5.12. The van der Waals surface area contributed by atoms with Gasteiger partial charge in [-0.05, 0) is 24.7 Å². The fourth-order valence-corrected chi connectivity index (χ4v) is 2.07. The van der Waals surface area contributed by atoms with Gasteiger partial charge in [0.15, 0.2) is 0 Å². The maximum Gasteiger partial charge on any atom is 0.0205 e. The summed E-state index contributed by atoms with van der Waals surface area (Å²) in [4.78, 5) is 0. The molecular formula is C12H20. The van der Waals surface area contributed by atoms with E-state index in [2.05, 4.69) is 39.5 Å². The Hall–Kier alpha value is -0.440. The third-order valence-electron chi connectivity index (χ3n) is 3.06. The Morgan fingerprint density at radius 2 is 2.00 bits per heavy atom. The quantitative estimate of drug-likeness (QED) is 0.549. The van der Waals surface area contributed by atoms with Gasteiger partial charge in [0.05, 0.1) is 0 Å². The van der Waals surface area contributed by atoms with Crippen LogP contribution in [0.1, 0.15) is 40.5 Å². The van der Waals surface area contributed by atoms with E-state index in [1.807, 2.05) is 0 Å². The highest BCUT2D eigenvalue weighted by Crippen LogP contribution is 2.31. The van der Waals surface area contributed by atoms with E-state index in [1.165, 1.54) is 12.8 Å². The maximum atomic E-state index is 3.36. The number of hydrogen-bond acceptors (Lipinski definition) is 0. The van der Waals surface area contributed by atoms with E-state index in [-0.39, 0.29) is 0 Å². The van der Waals surface area contributed by atoms with E-state index >= 15 is 0 Å². The molecule has 3 unspecified atom stereocenters. The number of hydrogen-bond donors (Lipinski definition) is 0. The molecule has 0 aromatic rings. The summed E-state index contributed by atoms with van der Waals surface area (Å²) < 4.78 is 0. The Kier molecular flexibility index (Phi) is 3.20. The van der Waals surface area contributed by atoms with Gasteiger partial charge in [0, 0.05) is 11.8 Å². The normalized spacial score (nSPS) is 34.6. The standard InChI is InChI=1S/C12H20/c1-5-11-7-6-10(4)12(8-11)9(2)3/h9-12H,5,8H2,1-4H3. The second-order valence-electron chi connectivity index (χ2n) is 4.33. The van der Waals surface area contributed by atoms with Gasteiger partial charge >= 0.3 is 0 Å². The van der Waals surface area contributed by atoms with E-state index in [0.29, 0.717) is 11.8 Å². The van der Waals surface area contributed by atoms with Crippen molar-refractivity contribution < 1.29 is 0 Å². The molecule has 0 heterocycles. The van der Waals surface area contributed by atoms with Gasteiger partial charge in [-0.25, -0.2) is 0 Å². The van der Waals surface area contributed by atoms with Crippen molar-refractivity contribution in [2.24, 2.45) is 23.7 Å². The third kappa shape index (κ3) is 2.03. The highest BCUT2D eigenvalue weighted by atomic mass is 14.3. The van der Waals surface area contributed by atoms with Gasteiger partial charge < -0.3 is 0 Å². The van der Waals surface area contributed by atoms with Crippen LogP contribution in [-0.4, -0.2) is 0 Å². The minimum Gasteiger partial charge on any atom is -0.0996 e. The van der Waals surface area contributed by atoms with Gasteiger partial charge in [-0.1, -0.05) is 39.5 Å². The van der Waals surface area contributed by atoms with Crippen molar-refractivity contribution in [1.82, 2.24) is 0 Å². The van der Waals surface area contributed by atoms with Gasteiger partial charge in [-0.3, -0.25) is 0 Å². The van der Waals surface area contributed by atoms with Crippen molar-refractivity contribution >= 4 is 0 Å². The zero-order valence-electron chi connectivity index (χ0n) is 8.72. The molecule has 0 aromatic carbocycles. The number of rotatable bonds is 2. The molecule has 0 fully saturated rings. The zero-order chi connectivity index (χ0) is 9.14. The van der Waals surface area contributed by atoms with Crippen molar-refractivity contribution in [3.05, 3.63) is 0 Å². The van der Waals surface area contributed by atoms with Crippen molar-refractivity contribution in [2.75, 3.05) is 0 Å². The zero-order valence-corrected chi connectivity index (χ0v) is 8.72. The predicted octanol–water partition coefficient (Wildman–Crippen LogP) is 3.33. The summed E-state index contributed by atoms with van der Waals surface area (Å²) in [5.41, 5.74) is 0. The van der Waals surface area contributed by atoms with Gasteiger partial charge in [0.2, 0.25) is 0 Å². The first-order valence-corrected chi connectivity index (χ1v) is 5.16. The van der Waals surface area contributed by atoms with Gasteiger partial charge in [0.1, 0.15) is 0 Å².